The molecule has 0 spiro atoms. The van der Waals surface area contributed by atoms with Crippen LogP contribution in [0.2, 0.25) is 0 Å². The summed E-state index contributed by atoms with van der Waals surface area (Å²) in [4.78, 5) is 22.2. The molecule has 0 aromatic rings. The molecule has 1 aliphatic carbocycles. The van der Waals surface area contributed by atoms with Gasteiger partial charge in [-0.15, -0.1) is 0 Å². The molecule has 0 saturated heterocycles. The second-order valence-electron chi connectivity index (χ2n) is 3.86. The predicted octanol–water partition coefficient (Wildman–Crippen LogP) is 2.09. The van der Waals surface area contributed by atoms with E-state index in [4.69, 9.17) is 4.74 Å². The van der Waals surface area contributed by atoms with Crippen LogP contribution in [0.5, 0.6) is 0 Å². The molecule has 0 heterocycles. The summed E-state index contributed by atoms with van der Waals surface area (Å²) >= 11 is 0. The Bertz CT molecular complexity index is 207. The van der Waals surface area contributed by atoms with E-state index in [-0.39, 0.29) is 18.2 Å². The van der Waals surface area contributed by atoms with Crippen molar-refractivity contribution >= 4 is 11.8 Å². The third kappa shape index (κ3) is 3.90. The number of carbonyl (C=O) groups excluding carboxylic acids is 2. The molecular weight excluding hydrogens is 180 g/mol. The van der Waals surface area contributed by atoms with E-state index in [1.807, 2.05) is 0 Å². The summed E-state index contributed by atoms with van der Waals surface area (Å²) in [6.45, 7) is 2.10. The third-order valence-corrected chi connectivity index (χ3v) is 2.70. The molecule has 1 aliphatic rings. The molecule has 0 atom stereocenters. The first-order valence-corrected chi connectivity index (χ1v) is 5.39. The molecular formula is C11H18O3. The smallest absolute Gasteiger partial charge is 0.313 e. The zero-order chi connectivity index (χ0) is 10.4. The van der Waals surface area contributed by atoms with Gasteiger partial charge in [-0.05, 0) is 19.3 Å². The van der Waals surface area contributed by atoms with Gasteiger partial charge in [-0.2, -0.15) is 0 Å². The van der Waals surface area contributed by atoms with Crippen LogP contribution in [0.3, 0.4) is 0 Å². The average molecular weight is 198 g/mol. The molecule has 1 saturated carbocycles. The van der Waals surface area contributed by atoms with Crippen LogP contribution in [0.15, 0.2) is 0 Å². The van der Waals surface area contributed by atoms with Gasteiger partial charge in [0.2, 0.25) is 0 Å². The van der Waals surface area contributed by atoms with Crippen LogP contribution in [-0.4, -0.2) is 18.4 Å². The quantitative estimate of drug-likeness (QED) is 0.485. The van der Waals surface area contributed by atoms with Crippen LogP contribution in [0, 0.1) is 5.92 Å². The van der Waals surface area contributed by atoms with E-state index >= 15 is 0 Å². The summed E-state index contributed by atoms with van der Waals surface area (Å²) in [5.41, 5.74) is 0. The van der Waals surface area contributed by atoms with Gasteiger partial charge in [-0.3, -0.25) is 9.59 Å². The standard InChI is InChI=1S/C11H18O3/c1-2-14-11(13)8-10(12)7-6-9-4-3-5-9/h9H,2-8H2,1H3. The Morgan fingerprint density at radius 3 is 2.57 bits per heavy atom. The van der Waals surface area contributed by atoms with Crippen molar-refractivity contribution in [1.82, 2.24) is 0 Å². The normalized spacial score (nSPS) is 16.1. The van der Waals surface area contributed by atoms with Gasteiger partial charge >= 0.3 is 5.97 Å². The highest BCUT2D eigenvalue weighted by molar-refractivity contribution is 5.95. The molecule has 1 rings (SSSR count). The van der Waals surface area contributed by atoms with Gasteiger partial charge in [0.25, 0.3) is 0 Å². The van der Waals surface area contributed by atoms with Crippen LogP contribution < -0.4 is 0 Å². The number of hydrogen-bond acceptors (Lipinski definition) is 3. The van der Waals surface area contributed by atoms with Crippen molar-refractivity contribution in [1.29, 1.82) is 0 Å². The lowest BCUT2D eigenvalue weighted by molar-refractivity contribution is -0.145. The van der Waals surface area contributed by atoms with Crippen LogP contribution >= 0.6 is 0 Å². The van der Waals surface area contributed by atoms with Gasteiger partial charge in [-0.1, -0.05) is 19.3 Å². The number of Topliss-reactive ketones (excluding diaryl/α,β-unsaturated/α-hetero) is 1. The molecule has 0 N–H and O–H groups in total. The van der Waals surface area contributed by atoms with Crippen molar-refractivity contribution in [3.63, 3.8) is 0 Å². The molecule has 0 unspecified atom stereocenters. The predicted molar refractivity (Wildman–Crippen MR) is 52.8 cm³/mol. The molecule has 0 radical (unpaired) electrons. The van der Waals surface area contributed by atoms with Gasteiger partial charge < -0.3 is 4.74 Å². The number of ketones is 1. The van der Waals surface area contributed by atoms with Crippen molar-refractivity contribution in [2.24, 2.45) is 5.92 Å². The molecule has 14 heavy (non-hydrogen) atoms. The largest absolute Gasteiger partial charge is 0.466 e. The molecule has 80 valence electrons. The SMILES string of the molecule is CCOC(=O)CC(=O)CCC1CCC1. The summed E-state index contributed by atoms with van der Waals surface area (Å²) in [6.07, 6.45) is 5.28. The third-order valence-electron chi connectivity index (χ3n) is 2.70. The number of ether oxygens (including phenoxy) is 1. The highest BCUT2D eigenvalue weighted by Crippen LogP contribution is 2.30. The monoisotopic (exact) mass is 198 g/mol. The summed E-state index contributed by atoms with van der Waals surface area (Å²) in [6, 6.07) is 0. The fraction of sp³-hybridized carbons (Fsp3) is 0.818. The molecule has 0 aromatic heterocycles. The van der Waals surface area contributed by atoms with Gasteiger partial charge in [0.1, 0.15) is 12.2 Å². The van der Waals surface area contributed by atoms with E-state index < -0.39 is 0 Å². The molecule has 0 aliphatic heterocycles. The summed E-state index contributed by atoms with van der Waals surface area (Å²) in [5, 5.41) is 0. The minimum atomic E-state index is -0.383. The number of rotatable bonds is 6. The Labute approximate surface area is 84.8 Å². The van der Waals surface area contributed by atoms with Crippen molar-refractivity contribution in [2.45, 2.75) is 45.4 Å². The zero-order valence-corrected chi connectivity index (χ0v) is 8.75. The molecule has 0 bridgehead atoms. The van der Waals surface area contributed by atoms with Gasteiger partial charge in [0.15, 0.2) is 0 Å². The number of hydrogen-bond donors (Lipinski definition) is 0. The Kier molecular flexibility index (Phi) is 4.63. The fourth-order valence-electron chi connectivity index (χ4n) is 1.61. The average Bonchev–Trinajstić information content (AvgIpc) is 2.01. The lowest BCUT2D eigenvalue weighted by atomic mass is 9.81. The van der Waals surface area contributed by atoms with Crippen LogP contribution in [0.25, 0.3) is 0 Å². The van der Waals surface area contributed by atoms with Gasteiger partial charge in [0, 0.05) is 6.42 Å². The molecule has 0 amide bonds. The van der Waals surface area contributed by atoms with Gasteiger partial charge in [-0.25, -0.2) is 0 Å². The first-order valence-electron chi connectivity index (χ1n) is 5.39. The molecule has 3 nitrogen and oxygen atoms in total. The van der Waals surface area contributed by atoms with Crippen LogP contribution in [-0.2, 0) is 14.3 Å². The topological polar surface area (TPSA) is 43.4 Å². The molecule has 3 heteroatoms. The lowest BCUT2D eigenvalue weighted by Crippen LogP contribution is -2.15. The second-order valence-corrected chi connectivity index (χ2v) is 3.86. The Balaban J connectivity index is 2.05. The Hall–Kier alpha value is -0.860. The molecule has 1 fully saturated rings. The van der Waals surface area contributed by atoms with E-state index in [0.29, 0.717) is 13.0 Å². The maximum absolute atomic E-state index is 11.3. The van der Waals surface area contributed by atoms with E-state index in [9.17, 15) is 9.59 Å². The maximum atomic E-state index is 11.3. The summed E-state index contributed by atoms with van der Waals surface area (Å²) < 4.78 is 4.70. The Morgan fingerprint density at radius 2 is 2.07 bits per heavy atom. The second kappa shape index (κ2) is 5.78. The van der Waals surface area contributed by atoms with Crippen LogP contribution in [0.1, 0.15) is 45.4 Å². The van der Waals surface area contributed by atoms with Crippen LogP contribution in [0.4, 0.5) is 0 Å². The van der Waals surface area contributed by atoms with E-state index in [1.54, 1.807) is 6.92 Å². The van der Waals surface area contributed by atoms with Crippen molar-refractivity contribution in [2.75, 3.05) is 6.61 Å². The minimum Gasteiger partial charge on any atom is -0.466 e. The summed E-state index contributed by atoms with van der Waals surface area (Å²) in [5.74, 6) is 0.377. The highest BCUT2D eigenvalue weighted by Gasteiger charge is 2.19. The first kappa shape index (κ1) is 11.2. The van der Waals surface area contributed by atoms with Crippen molar-refractivity contribution in [3.8, 4) is 0 Å². The first-order chi connectivity index (χ1) is 6.72. The number of esters is 1. The maximum Gasteiger partial charge on any atom is 0.313 e. The van der Waals surface area contributed by atoms with E-state index in [1.165, 1.54) is 19.3 Å². The van der Waals surface area contributed by atoms with E-state index in [2.05, 4.69) is 0 Å². The van der Waals surface area contributed by atoms with Gasteiger partial charge in [0.05, 0.1) is 6.61 Å². The number of carbonyl (C=O) groups is 2. The zero-order valence-electron chi connectivity index (χ0n) is 8.75. The minimum absolute atomic E-state index is 0.0235. The summed E-state index contributed by atoms with van der Waals surface area (Å²) in [7, 11) is 0. The fourth-order valence-corrected chi connectivity index (χ4v) is 1.61. The molecule has 0 aromatic carbocycles. The lowest BCUT2D eigenvalue weighted by Gasteiger charge is -2.24. The van der Waals surface area contributed by atoms with Crippen molar-refractivity contribution in [3.05, 3.63) is 0 Å². The Morgan fingerprint density at radius 1 is 1.36 bits per heavy atom. The highest BCUT2D eigenvalue weighted by atomic mass is 16.5. The van der Waals surface area contributed by atoms with E-state index in [0.717, 1.165) is 12.3 Å². The van der Waals surface area contributed by atoms with Crippen molar-refractivity contribution < 1.29 is 14.3 Å².